The summed E-state index contributed by atoms with van der Waals surface area (Å²) in [4.78, 5) is 2.16. The van der Waals surface area contributed by atoms with Crippen LogP contribution in [0.1, 0.15) is 23.6 Å². The van der Waals surface area contributed by atoms with Crippen LogP contribution in [0, 0.1) is 5.82 Å². The van der Waals surface area contributed by atoms with E-state index < -0.39 is 0 Å². The number of benzene rings is 1. The topological polar surface area (TPSA) is 47.1 Å². The van der Waals surface area contributed by atoms with E-state index in [2.05, 4.69) is 10.00 Å². The summed E-state index contributed by atoms with van der Waals surface area (Å²) in [7, 11) is 3.93. The Labute approximate surface area is 119 Å². The van der Waals surface area contributed by atoms with Crippen molar-refractivity contribution in [1.29, 1.82) is 0 Å². The zero-order valence-electron chi connectivity index (χ0n) is 12.0. The molecule has 1 aromatic carbocycles. The number of aromatic nitrogens is 2. The normalized spacial score (nSPS) is 12.8. The predicted octanol–water partition coefficient (Wildman–Crippen LogP) is 2.08. The number of rotatable bonds is 6. The molecule has 1 aromatic heterocycles. The van der Waals surface area contributed by atoms with Crippen molar-refractivity contribution < 1.29 is 4.39 Å². The summed E-state index contributed by atoms with van der Waals surface area (Å²) in [5.41, 5.74) is 7.81. The lowest BCUT2D eigenvalue weighted by Crippen LogP contribution is -2.23. The quantitative estimate of drug-likeness (QED) is 0.878. The van der Waals surface area contributed by atoms with Crippen molar-refractivity contribution in [3.05, 3.63) is 53.6 Å². The second kappa shape index (κ2) is 6.63. The second-order valence-corrected chi connectivity index (χ2v) is 5.18. The van der Waals surface area contributed by atoms with Crippen molar-refractivity contribution in [2.45, 2.75) is 19.0 Å². The van der Waals surface area contributed by atoms with Gasteiger partial charge < -0.3 is 10.6 Å². The molecule has 20 heavy (non-hydrogen) atoms. The predicted molar refractivity (Wildman–Crippen MR) is 77.5 cm³/mol. The van der Waals surface area contributed by atoms with E-state index in [-0.39, 0.29) is 11.9 Å². The van der Waals surface area contributed by atoms with Gasteiger partial charge in [0.25, 0.3) is 0 Å². The smallest absolute Gasteiger partial charge is 0.127 e. The molecule has 2 N–H and O–H groups in total. The summed E-state index contributed by atoms with van der Waals surface area (Å²) < 4.78 is 15.4. The van der Waals surface area contributed by atoms with E-state index in [1.165, 1.54) is 6.07 Å². The first kappa shape index (κ1) is 14.7. The first-order valence-electron chi connectivity index (χ1n) is 6.72. The van der Waals surface area contributed by atoms with Gasteiger partial charge in [-0.25, -0.2) is 4.39 Å². The van der Waals surface area contributed by atoms with E-state index in [1.54, 1.807) is 16.8 Å². The highest BCUT2D eigenvalue weighted by atomic mass is 19.1. The van der Waals surface area contributed by atoms with Crippen molar-refractivity contribution in [3.63, 3.8) is 0 Å². The van der Waals surface area contributed by atoms with E-state index in [4.69, 9.17) is 5.73 Å². The van der Waals surface area contributed by atoms with Crippen molar-refractivity contribution in [3.8, 4) is 0 Å². The Hall–Kier alpha value is -1.72. The largest absolute Gasteiger partial charge is 0.324 e. The first-order valence-corrected chi connectivity index (χ1v) is 6.72. The highest BCUT2D eigenvalue weighted by Gasteiger charge is 2.12. The number of hydrogen-bond acceptors (Lipinski definition) is 3. The Morgan fingerprint density at radius 3 is 2.80 bits per heavy atom. The van der Waals surface area contributed by atoms with Gasteiger partial charge in [0.15, 0.2) is 0 Å². The van der Waals surface area contributed by atoms with Crippen LogP contribution in [-0.4, -0.2) is 28.3 Å². The first-order chi connectivity index (χ1) is 9.56. The maximum Gasteiger partial charge on any atom is 0.127 e. The minimum Gasteiger partial charge on any atom is -0.324 e. The van der Waals surface area contributed by atoms with Crippen LogP contribution in [0.2, 0.25) is 0 Å². The van der Waals surface area contributed by atoms with Gasteiger partial charge in [-0.1, -0.05) is 18.2 Å². The molecule has 1 atom stereocenters. The van der Waals surface area contributed by atoms with Crippen LogP contribution in [0.5, 0.6) is 0 Å². The molecule has 0 radical (unpaired) electrons. The number of hydrogen-bond donors (Lipinski definition) is 1. The third kappa shape index (κ3) is 3.88. The molecule has 2 rings (SSSR count). The van der Waals surface area contributed by atoms with Crippen molar-refractivity contribution in [1.82, 2.24) is 14.7 Å². The van der Waals surface area contributed by atoms with Crippen LogP contribution in [-0.2, 0) is 13.6 Å². The second-order valence-electron chi connectivity index (χ2n) is 5.18. The molecule has 0 spiro atoms. The lowest BCUT2D eigenvalue weighted by Gasteiger charge is -2.19. The van der Waals surface area contributed by atoms with Gasteiger partial charge >= 0.3 is 0 Å². The third-order valence-corrected chi connectivity index (χ3v) is 3.34. The molecule has 108 valence electrons. The summed E-state index contributed by atoms with van der Waals surface area (Å²) in [6.45, 7) is 1.63. The molecule has 0 aliphatic rings. The van der Waals surface area contributed by atoms with Crippen molar-refractivity contribution in [2.24, 2.45) is 12.8 Å². The standard InChI is InChI=1S/C15H21FN4/c1-19(10-12-9-18-20(2)11-12)8-7-15(17)13-5-3-4-6-14(13)16/h3-6,9,11,15H,7-8,10,17H2,1-2H3. The highest BCUT2D eigenvalue weighted by molar-refractivity contribution is 5.20. The molecular formula is C15H21FN4. The van der Waals surface area contributed by atoms with Gasteiger partial charge in [0.05, 0.1) is 6.20 Å². The Morgan fingerprint density at radius 1 is 1.40 bits per heavy atom. The van der Waals surface area contributed by atoms with E-state index in [0.717, 1.165) is 25.1 Å². The highest BCUT2D eigenvalue weighted by Crippen LogP contribution is 2.17. The molecule has 0 aliphatic heterocycles. The van der Waals surface area contributed by atoms with Gasteiger partial charge in [-0.3, -0.25) is 4.68 Å². The zero-order chi connectivity index (χ0) is 14.5. The maximum atomic E-state index is 13.6. The SMILES string of the molecule is CN(CCC(N)c1ccccc1F)Cc1cnn(C)c1. The summed E-state index contributed by atoms with van der Waals surface area (Å²) in [5, 5.41) is 4.14. The van der Waals surface area contributed by atoms with E-state index in [0.29, 0.717) is 5.56 Å². The van der Waals surface area contributed by atoms with Gasteiger partial charge in [-0.2, -0.15) is 5.10 Å². The van der Waals surface area contributed by atoms with Crippen LogP contribution in [0.15, 0.2) is 36.7 Å². The molecule has 0 fully saturated rings. The lowest BCUT2D eigenvalue weighted by molar-refractivity contribution is 0.310. The molecule has 0 aliphatic carbocycles. The van der Waals surface area contributed by atoms with Crippen LogP contribution in [0.4, 0.5) is 4.39 Å². The molecule has 0 amide bonds. The fourth-order valence-electron chi connectivity index (χ4n) is 2.24. The molecule has 2 aromatic rings. The van der Waals surface area contributed by atoms with Gasteiger partial charge in [-0.15, -0.1) is 0 Å². The summed E-state index contributed by atoms with van der Waals surface area (Å²) in [6.07, 6.45) is 4.57. The number of nitrogens with two attached hydrogens (primary N) is 1. The van der Waals surface area contributed by atoms with Gasteiger partial charge in [-0.05, 0) is 26.1 Å². The van der Waals surface area contributed by atoms with Crippen LogP contribution in [0.25, 0.3) is 0 Å². The lowest BCUT2D eigenvalue weighted by atomic mass is 10.0. The number of nitrogens with zero attached hydrogens (tertiary/aromatic N) is 3. The molecule has 0 bridgehead atoms. The Bertz CT molecular complexity index is 552. The van der Waals surface area contributed by atoms with Crippen LogP contribution >= 0.6 is 0 Å². The van der Waals surface area contributed by atoms with E-state index in [1.807, 2.05) is 32.6 Å². The fourth-order valence-corrected chi connectivity index (χ4v) is 2.24. The van der Waals surface area contributed by atoms with Crippen molar-refractivity contribution in [2.75, 3.05) is 13.6 Å². The maximum absolute atomic E-state index is 13.6. The summed E-state index contributed by atoms with van der Waals surface area (Å²) in [5.74, 6) is -0.227. The summed E-state index contributed by atoms with van der Waals surface area (Å²) >= 11 is 0. The monoisotopic (exact) mass is 276 g/mol. The van der Waals surface area contributed by atoms with Gasteiger partial charge in [0, 0.05) is 37.0 Å². The van der Waals surface area contributed by atoms with Crippen LogP contribution in [0.3, 0.4) is 0 Å². The Morgan fingerprint density at radius 2 is 2.15 bits per heavy atom. The van der Waals surface area contributed by atoms with Gasteiger partial charge in [0.2, 0.25) is 0 Å². The third-order valence-electron chi connectivity index (χ3n) is 3.34. The minimum atomic E-state index is -0.271. The van der Waals surface area contributed by atoms with Crippen molar-refractivity contribution >= 4 is 0 Å². The zero-order valence-corrected chi connectivity index (χ0v) is 12.0. The molecule has 4 nitrogen and oxygen atoms in total. The fraction of sp³-hybridized carbons (Fsp3) is 0.400. The van der Waals surface area contributed by atoms with Crippen LogP contribution < -0.4 is 5.73 Å². The molecule has 1 heterocycles. The number of aryl methyl sites for hydroxylation is 1. The molecule has 0 saturated carbocycles. The minimum absolute atomic E-state index is 0.227. The Balaban J connectivity index is 1.84. The molecule has 1 unspecified atom stereocenters. The van der Waals surface area contributed by atoms with E-state index >= 15 is 0 Å². The van der Waals surface area contributed by atoms with E-state index in [9.17, 15) is 4.39 Å². The molecular weight excluding hydrogens is 255 g/mol. The summed E-state index contributed by atoms with van der Waals surface area (Å²) in [6, 6.07) is 6.43. The molecule has 5 heteroatoms. The molecule has 0 saturated heterocycles. The average Bonchev–Trinajstić information content (AvgIpc) is 2.82. The average molecular weight is 276 g/mol. The van der Waals surface area contributed by atoms with Gasteiger partial charge in [0.1, 0.15) is 5.82 Å². The number of halogens is 1. The Kier molecular flexibility index (Phi) is 4.87.